The van der Waals surface area contributed by atoms with Crippen LogP contribution in [0, 0.1) is 17.9 Å². The van der Waals surface area contributed by atoms with Gasteiger partial charge < -0.3 is 19.1 Å². The smallest absolute Gasteiger partial charge is 0.269 e. The molecule has 6 heteroatoms. The molecule has 0 saturated heterocycles. The molecule has 160 valence electrons. The van der Waals surface area contributed by atoms with Crippen molar-refractivity contribution in [2.75, 3.05) is 32.7 Å². The zero-order valence-electron chi connectivity index (χ0n) is 18.9. The summed E-state index contributed by atoms with van der Waals surface area (Å²) >= 11 is 0. The molecule has 1 aromatic carbocycles. The molecule has 0 radical (unpaired) electrons. The molecule has 3 rings (SSSR count). The largest absolute Gasteiger partial charge is 0.496 e. The first kappa shape index (κ1) is 22.1. The van der Waals surface area contributed by atoms with Crippen LogP contribution in [0.4, 0.5) is 5.69 Å². The number of benzene rings is 1. The van der Waals surface area contributed by atoms with Gasteiger partial charge in [-0.1, -0.05) is 13.8 Å². The Labute approximate surface area is 184 Å². The van der Waals surface area contributed by atoms with Gasteiger partial charge in [-0.15, -0.1) is 0 Å². The lowest BCUT2D eigenvalue weighted by Gasteiger charge is -2.40. The highest BCUT2D eigenvalue weighted by atomic mass is 16.5. The molecule has 2 aliphatic heterocycles. The number of ether oxygens (including phenoxy) is 3. The minimum atomic E-state index is -0.0719. The number of fused-ring (bicyclic) bond motifs is 1. The first-order valence-corrected chi connectivity index (χ1v) is 10.0. The molecular formula is C25H27N3O3. The molecule has 1 aromatic rings. The van der Waals surface area contributed by atoms with E-state index >= 15 is 0 Å². The predicted molar refractivity (Wildman–Crippen MR) is 122 cm³/mol. The van der Waals surface area contributed by atoms with Crippen molar-refractivity contribution >= 4 is 11.8 Å². The number of methoxy groups -OCH3 is 2. The van der Waals surface area contributed by atoms with Crippen molar-refractivity contribution in [3.63, 3.8) is 0 Å². The van der Waals surface area contributed by atoms with E-state index in [1.165, 1.54) is 0 Å². The molecule has 0 aromatic heterocycles. The second kappa shape index (κ2) is 8.62. The van der Waals surface area contributed by atoms with Crippen molar-refractivity contribution in [3.05, 3.63) is 69.6 Å². The van der Waals surface area contributed by atoms with Crippen LogP contribution < -0.4 is 14.4 Å². The highest BCUT2D eigenvalue weighted by molar-refractivity contribution is 5.78. The van der Waals surface area contributed by atoms with Gasteiger partial charge in [-0.05, 0) is 54.7 Å². The van der Waals surface area contributed by atoms with Crippen LogP contribution in [-0.4, -0.2) is 27.8 Å². The molecular weight excluding hydrogens is 390 g/mol. The Morgan fingerprint density at radius 1 is 1.29 bits per heavy atom. The summed E-state index contributed by atoms with van der Waals surface area (Å²) in [5.74, 6) is 2.76. The second-order valence-corrected chi connectivity index (χ2v) is 8.24. The molecule has 0 amide bonds. The molecule has 0 bridgehead atoms. The van der Waals surface area contributed by atoms with E-state index in [1.54, 1.807) is 33.3 Å². The summed E-state index contributed by atoms with van der Waals surface area (Å²) in [6.07, 6.45) is 8.12. The zero-order chi connectivity index (χ0) is 22.8. The van der Waals surface area contributed by atoms with Gasteiger partial charge in [-0.2, -0.15) is 0 Å². The number of nitrogens with zero attached hydrogens (tertiary/aromatic N) is 3. The third kappa shape index (κ3) is 4.15. The fraction of sp³-hybridized carbons (Fsp3) is 0.360. The van der Waals surface area contributed by atoms with Crippen molar-refractivity contribution in [1.29, 1.82) is 5.26 Å². The molecule has 6 nitrogen and oxygen atoms in total. The minimum absolute atomic E-state index is 0.0337. The van der Waals surface area contributed by atoms with Gasteiger partial charge in [0.05, 0.1) is 32.5 Å². The fourth-order valence-electron chi connectivity index (χ4n) is 4.04. The number of allylic oxidation sites excluding steroid dienone is 6. The standard InChI is InChI=1S/C25H27N3O3/c1-16-12-18(20(15-26)27-4)13-19(31-16)9-8-17-14-21(29-6)23-22(24(17)30-7)25(2,3)10-11-28(23)5/h8-9,12-14H,10-11H2,1-3,5-7H3. The van der Waals surface area contributed by atoms with Crippen molar-refractivity contribution < 1.29 is 14.2 Å². The van der Waals surface area contributed by atoms with Crippen LogP contribution >= 0.6 is 0 Å². The maximum Gasteiger partial charge on any atom is 0.269 e. The van der Waals surface area contributed by atoms with Crippen LogP contribution in [0.3, 0.4) is 0 Å². The van der Waals surface area contributed by atoms with Gasteiger partial charge in [0.2, 0.25) is 0 Å². The molecule has 0 aliphatic carbocycles. The van der Waals surface area contributed by atoms with Gasteiger partial charge in [-0.25, -0.2) is 10.1 Å². The summed E-state index contributed by atoms with van der Waals surface area (Å²) in [4.78, 5) is 5.51. The Bertz CT molecular complexity index is 1090. The molecule has 2 heterocycles. The molecule has 0 saturated carbocycles. The van der Waals surface area contributed by atoms with Crippen LogP contribution in [0.25, 0.3) is 10.9 Å². The topological polar surface area (TPSA) is 59.1 Å². The molecule has 0 spiro atoms. The molecule has 0 atom stereocenters. The van der Waals surface area contributed by atoms with Gasteiger partial charge in [0.15, 0.2) is 0 Å². The Morgan fingerprint density at radius 3 is 2.65 bits per heavy atom. The van der Waals surface area contributed by atoms with Gasteiger partial charge in [0.1, 0.15) is 23.0 Å². The van der Waals surface area contributed by atoms with E-state index in [-0.39, 0.29) is 11.1 Å². The molecule has 0 unspecified atom stereocenters. The summed E-state index contributed by atoms with van der Waals surface area (Å²) < 4.78 is 17.4. The van der Waals surface area contributed by atoms with Gasteiger partial charge >= 0.3 is 0 Å². The quantitative estimate of drug-likeness (QED) is 0.488. The molecule has 31 heavy (non-hydrogen) atoms. The SMILES string of the molecule is [C-]#[N+]C(C#N)=C1C=C(C)OC(C=Cc2cc(OC)c3c(c2OC)C(C)(C)CCN3C)=C1. The van der Waals surface area contributed by atoms with Gasteiger partial charge in [-0.3, -0.25) is 0 Å². The normalized spacial score (nSPS) is 18.8. The Morgan fingerprint density at radius 2 is 2.03 bits per heavy atom. The van der Waals surface area contributed by atoms with Crippen LogP contribution in [0.1, 0.15) is 38.3 Å². The number of hydrogen-bond donors (Lipinski definition) is 0. The highest BCUT2D eigenvalue weighted by Crippen LogP contribution is 2.50. The van der Waals surface area contributed by atoms with Crippen molar-refractivity contribution in [2.24, 2.45) is 0 Å². The zero-order valence-corrected chi connectivity index (χ0v) is 18.9. The lowest BCUT2D eigenvalue weighted by Crippen LogP contribution is -2.35. The van der Waals surface area contributed by atoms with Crippen LogP contribution in [0.5, 0.6) is 11.5 Å². The summed E-state index contributed by atoms with van der Waals surface area (Å²) in [6.45, 7) is 14.4. The summed E-state index contributed by atoms with van der Waals surface area (Å²) in [7, 11) is 5.43. The number of anilines is 1. The summed E-state index contributed by atoms with van der Waals surface area (Å²) in [5.41, 5.74) is 3.55. The van der Waals surface area contributed by atoms with E-state index in [9.17, 15) is 5.26 Å². The first-order valence-electron chi connectivity index (χ1n) is 10.0. The van der Waals surface area contributed by atoms with Gasteiger partial charge in [0, 0.05) is 24.7 Å². The summed E-state index contributed by atoms with van der Waals surface area (Å²) in [5, 5.41) is 9.19. The van der Waals surface area contributed by atoms with E-state index in [0.717, 1.165) is 41.3 Å². The van der Waals surface area contributed by atoms with E-state index in [4.69, 9.17) is 20.8 Å². The van der Waals surface area contributed by atoms with Crippen LogP contribution in [0.2, 0.25) is 0 Å². The first-order chi connectivity index (χ1) is 14.7. The van der Waals surface area contributed by atoms with E-state index in [0.29, 0.717) is 17.1 Å². The van der Waals surface area contributed by atoms with Crippen LogP contribution in [0.15, 0.2) is 47.1 Å². The number of rotatable bonds is 4. The Hall–Kier alpha value is -3.64. The molecule has 0 N–H and O–H groups in total. The van der Waals surface area contributed by atoms with Crippen molar-refractivity contribution in [1.82, 2.24) is 0 Å². The second-order valence-electron chi connectivity index (χ2n) is 8.24. The van der Waals surface area contributed by atoms with E-state index in [1.807, 2.05) is 24.3 Å². The van der Waals surface area contributed by atoms with E-state index in [2.05, 4.69) is 30.6 Å². The van der Waals surface area contributed by atoms with Crippen molar-refractivity contribution in [2.45, 2.75) is 32.6 Å². The maximum atomic E-state index is 9.19. The maximum absolute atomic E-state index is 9.19. The Kier molecular flexibility index (Phi) is 6.13. The minimum Gasteiger partial charge on any atom is -0.496 e. The third-order valence-electron chi connectivity index (χ3n) is 5.65. The average molecular weight is 418 g/mol. The molecule has 0 fully saturated rings. The monoisotopic (exact) mass is 417 g/mol. The predicted octanol–water partition coefficient (Wildman–Crippen LogP) is 5.35. The number of nitriles is 1. The lowest BCUT2D eigenvalue weighted by atomic mass is 9.76. The van der Waals surface area contributed by atoms with Crippen molar-refractivity contribution in [3.8, 4) is 17.6 Å². The highest BCUT2D eigenvalue weighted by Gasteiger charge is 2.36. The summed E-state index contributed by atoms with van der Waals surface area (Å²) in [6, 6.07) is 3.90. The fourth-order valence-corrected chi connectivity index (χ4v) is 4.04. The van der Waals surface area contributed by atoms with Crippen LogP contribution in [-0.2, 0) is 10.2 Å². The van der Waals surface area contributed by atoms with E-state index < -0.39 is 0 Å². The third-order valence-corrected chi connectivity index (χ3v) is 5.65. The number of hydrogen-bond acceptors (Lipinski definition) is 5. The lowest BCUT2D eigenvalue weighted by molar-refractivity contribution is 0.318. The average Bonchev–Trinajstić information content (AvgIpc) is 2.74. The van der Waals surface area contributed by atoms with Gasteiger partial charge in [0.25, 0.3) is 5.70 Å². The molecule has 2 aliphatic rings. The Balaban J connectivity index is 2.13.